The molecule has 2 unspecified atom stereocenters. The Balaban J connectivity index is 4.11. The van der Waals surface area contributed by atoms with Crippen LogP contribution in [0.3, 0.4) is 0 Å². The number of carboxylic acids is 1. The Labute approximate surface area is 428 Å². The summed E-state index contributed by atoms with van der Waals surface area (Å²) in [6.45, 7) is 4.78. The molecule has 0 fully saturated rings. The zero-order valence-corrected chi connectivity index (χ0v) is 46.5. The zero-order chi connectivity index (χ0) is 50.6. The van der Waals surface area contributed by atoms with E-state index in [2.05, 4.69) is 38.2 Å². The first-order valence-electron chi connectivity index (χ1n) is 29.9. The SMILES string of the molecule is CCCCCCC/C=C\C/C=C\CCCCCCCCCCCC(=O)OC(COCCC(C(=O)O)[N+](C)(C)C)COC(=O)CCCCCCCCCCCCCCCCCCCCCCCCCC. The molecule has 0 aliphatic heterocycles. The van der Waals surface area contributed by atoms with E-state index in [-0.39, 0.29) is 36.2 Å². The molecule has 0 spiro atoms. The molecule has 0 rings (SSSR count). The summed E-state index contributed by atoms with van der Waals surface area (Å²) in [6, 6.07) is -0.614. The third-order valence-electron chi connectivity index (χ3n) is 13.9. The molecule has 8 nitrogen and oxygen atoms in total. The number of esters is 2. The number of unbranched alkanes of at least 4 members (excludes halogenated alkanes) is 37. The summed E-state index contributed by atoms with van der Waals surface area (Å²) in [5.74, 6) is -1.45. The van der Waals surface area contributed by atoms with E-state index < -0.39 is 18.1 Å². The molecule has 1 N–H and O–H groups in total. The number of allylic oxidation sites excluding steroid dienone is 4. The van der Waals surface area contributed by atoms with E-state index in [1.807, 2.05) is 21.1 Å². The molecule has 406 valence electrons. The molecule has 0 amide bonds. The lowest BCUT2D eigenvalue weighted by molar-refractivity contribution is -0.887. The van der Waals surface area contributed by atoms with Gasteiger partial charge in [0.05, 0.1) is 34.4 Å². The number of hydrogen-bond donors (Lipinski definition) is 1. The zero-order valence-electron chi connectivity index (χ0n) is 46.5. The minimum atomic E-state index is -0.871. The van der Waals surface area contributed by atoms with Crippen molar-refractivity contribution in [2.45, 2.75) is 309 Å². The van der Waals surface area contributed by atoms with Crippen molar-refractivity contribution in [3.8, 4) is 0 Å². The van der Waals surface area contributed by atoms with Gasteiger partial charge >= 0.3 is 17.9 Å². The third-order valence-corrected chi connectivity index (χ3v) is 13.9. The monoisotopic (exact) mass is 975 g/mol. The lowest BCUT2D eigenvalue weighted by atomic mass is 10.0. The number of nitrogens with zero attached hydrogens (tertiary/aromatic N) is 1. The first kappa shape index (κ1) is 66.8. The van der Waals surface area contributed by atoms with Crippen LogP contribution < -0.4 is 0 Å². The highest BCUT2D eigenvalue weighted by atomic mass is 16.6. The molecule has 2 atom stereocenters. The molecule has 69 heavy (non-hydrogen) atoms. The summed E-state index contributed by atoms with van der Waals surface area (Å²) in [5, 5.41) is 9.68. The van der Waals surface area contributed by atoms with Crippen LogP contribution in [0.15, 0.2) is 24.3 Å². The highest BCUT2D eigenvalue weighted by Crippen LogP contribution is 2.18. The summed E-state index contributed by atoms with van der Waals surface area (Å²) in [5.41, 5.74) is 0. The van der Waals surface area contributed by atoms with Gasteiger partial charge in [0.1, 0.15) is 6.61 Å². The number of aliphatic carboxylic acids is 1. The molecule has 0 heterocycles. The number of ether oxygens (including phenoxy) is 3. The van der Waals surface area contributed by atoms with Gasteiger partial charge in [0.2, 0.25) is 0 Å². The van der Waals surface area contributed by atoms with E-state index in [1.165, 1.54) is 218 Å². The molecule has 0 bridgehead atoms. The van der Waals surface area contributed by atoms with E-state index in [1.54, 1.807) is 0 Å². The number of carboxylic acid groups (broad SMARTS) is 1. The number of quaternary nitrogens is 1. The largest absolute Gasteiger partial charge is 0.477 e. The van der Waals surface area contributed by atoms with Crippen LogP contribution in [0, 0.1) is 0 Å². The topological polar surface area (TPSA) is 99.1 Å². The molecule has 0 aromatic rings. The number of likely N-dealkylation sites (N-methyl/N-ethyl adjacent to an activating group) is 1. The van der Waals surface area contributed by atoms with Crippen LogP contribution in [0.25, 0.3) is 0 Å². The van der Waals surface area contributed by atoms with Crippen LogP contribution >= 0.6 is 0 Å². The number of rotatable bonds is 55. The van der Waals surface area contributed by atoms with Crippen molar-refractivity contribution in [3.63, 3.8) is 0 Å². The maximum absolute atomic E-state index is 12.8. The van der Waals surface area contributed by atoms with E-state index in [4.69, 9.17) is 14.2 Å². The average Bonchev–Trinajstić information content (AvgIpc) is 3.31. The molecular weight excluding hydrogens is 859 g/mol. The van der Waals surface area contributed by atoms with Crippen molar-refractivity contribution in [3.05, 3.63) is 24.3 Å². The van der Waals surface area contributed by atoms with Crippen molar-refractivity contribution in [1.82, 2.24) is 0 Å². The van der Waals surface area contributed by atoms with Crippen molar-refractivity contribution in [2.75, 3.05) is 41.0 Å². The summed E-state index contributed by atoms with van der Waals surface area (Å²) in [6.07, 6.45) is 62.5. The van der Waals surface area contributed by atoms with Gasteiger partial charge in [-0.15, -0.1) is 0 Å². The Hall–Kier alpha value is -2.19. The van der Waals surface area contributed by atoms with Gasteiger partial charge < -0.3 is 23.8 Å². The van der Waals surface area contributed by atoms with Gasteiger partial charge in [-0.1, -0.05) is 256 Å². The van der Waals surface area contributed by atoms with E-state index in [9.17, 15) is 19.5 Å². The molecular formula is C61H116NO7+. The molecule has 0 saturated heterocycles. The second kappa shape index (κ2) is 52.1. The van der Waals surface area contributed by atoms with Crippen LogP contribution in [-0.4, -0.2) is 80.6 Å². The summed E-state index contributed by atoms with van der Waals surface area (Å²) >= 11 is 0. The smallest absolute Gasteiger partial charge is 0.362 e. The highest BCUT2D eigenvalue weighted by molar-refractivity contribution is 5.72. The average molecular weight is 976 g/mol. The predicted molar refractivity (Wildman–Crippen MR) is 294 cm³/mol. The standard InChI is InChI=1S/C61H115NO7/c1-6-8-10-12-14-16-18-20-22-24-26-28-29-30-32-33-35-37-39-41-43-45-47-49-51-59(63)68-56-57(55-67-54-53-58(61(65)66)62(3,4)5)69-60(64)52-50-48-46-44-42-40-38-36-34-31-27-25-23-21-19-17-15-13-11-9-7-2/h19,21,25,27,57-58H,6-18,20,22-24,26,28-56H2,1-5H3/p+1/b21-19-,27-25-. The minimum Gasteiger partial charge on any atom is -0.477 e. The van der Waals surface area contributed by atoms with E-state index in [0.29, 0.717) is 19.3 Å². The Morgan fingerprint density at radius 2 is 0.768 bits per heavy atom. The Bertz CT molecular complexity index is 1180. The summed E-state index contributed by atoms with van der Waals surface area (Å²) < 4.78 is 17.4. The van der Waals surface area contributed by atoms with Gasteiger partial charge in [0.15, 0.2) is 12.1 Å². The van der Waals surface area contributed by atoms with Crippen LogP contribution in [0.5, 0.6) is 0 Å². The molecule has 8 heteroatoms. The fourth-order valence-corrected chi connectivity index (χ4v) is 9.24. The molecule has 0 saturated carbocycles. The fourth-order valence-electron chi connectivity index (χ4n) is 9.24. The van der Waals surface area contributed by atoms with Crippen molar-refractivity contribution in [1.29, 1.82) is 0 Å². The van der Waals surface area contributed by atoms with E-state index >= 15 is 0 Å². The van der Waals surface area contributed by atoms with E-state index in [0.717, 1.165) is 44.9 Å². The lowest BCUT2D eigenvalue weighted by Crippen LogP contribution is -2.50. The second-order valence-corrected chi connectivity index (χ2v) is 21.6. The minimum absolute atomic E-state index is 0.0470. The molecule has 0 radical (unpaired) electrons. The second-order valence-electron chi connectivity index (χ2n) is 21.6. The summed E-state index contributed by atoms with van der Waals surface area (Å²) in [4.78, 5) is 37.3. The van der Waals surface area contributed by atoms with Crippen molar-refractivity contribution >= 4 is 17.9 Å². The third kappa shape index (κ3) is 50.5. The number of hydrogen-bond acceptors (Lipinski definition) is 6. The van der Waals surface area contributed by atoms with Crippen LogP contribution in [0.1, 0.15) is 296 Å². The first-order chi connectivity index (χ1) is 33.6. The van der Waals surface area contributed by atoms with Crippen LogP contribution in [-0.2, 0) is 28.6 Å². The lowest BCUT2D eigenvalue weighted by Gasteiger charge is -2.31. The van der Waals surface area contributed by atoms with Crippen LogP contribution in [0.2, 0.25) is 0 Å². The highest BCUT2D eigenvalue weighted by Gasteiger charge is 2.31. The first-order valence-corrected chi connectivity index (χ1v) is 29.9. The van der Waals surface area contributed by atoms with Crippen LogP contribution in [0.4, 0.5) is 0 Å². The van der Waals surface area contributed by atoms with Gasteiger partial charge in [-0.2, -0.15) is 0 Å². The Kier molecular flexibility index (Phi) is 50.5. The molecule has 0 aromatic heterocycles. The Morgan fingerprint density at radius 1 is 0.435 bits per heavy atom. The van der Waals surface area contributed by atoms with Crippen molar-refractivity contribution in [2.24, 2.45) is 0 Å². The number of carbonyl (C=O) groups excluding carboxylic acids is 2. The molecule has 0 aliphatic carbocycles. The Morgan fingerprint density at radius 3 is 1.12 bits per heavy atom. The maximum atomic E-state index is 12.8. The fraction of sp³-hybridized carbons (Fsp3) is 0.885. The summed E-state index contributed by atoms with van der Waals surface area (Å²) in [7, 11) is 5.55. The number of carbonyl (C=O) groups is 3. The predicted octanol–water partition coefficient (Wildman–Crippen LogP) is 17.9. The van der Waals surface area contributed by atoms with Gasteiger partial charge in [-0.3, -0.25) is 9.59 Å². The van der Waals surface area contributed by atoms with Gasteiger partial charge in [0, 0.05) is 19.3 Å². The normalized spacial score (nSPS) is 12.9. The molecule has 0 aromatic carbocycles. The molecule has 0 aliphatic rings. The van der Waals surface area contributed by atoms with Gasteiger partial charge in [-0.25, -0.2) is 4.79 Å². The van der Waals surface area contributed by atoms with Crippen molar-refractivity contribution < 1.29 is 38.2 Å². The quantitative estimate of drug-likeness (QED) is 0.0280. The maximum Gasteiger partial charge on any atom is 0.362 e. The van der Waals surface area contributed by atoms with Gasteiger partial charge in [-0.05, 0) is 44.9 Å². The van der Waals surface area contributed by atoms with Gasteiger partial charge in [0.25, 0.3) is 0 Å².